The normalized spacial score (nSPS) is 13.8. The minimum Gasteiger partial charge on any atom is -0.464 e. The van der Waals surface area contributed by atoms with E-state index >= 15 is 0 Å². The molecule has 2 aromatic rings. The van der Waals surface area contributed by atoms with Gasteiger partial charge in [-0.25, -0.2) is 0 Å². The number of aryl methyl sites for hydroxylation is 1. The van der Waals surface area contributed by atoms with Gasteiger partial charge >= 0.3 is 0 Å². The van der Waals surface area contributed by atoms with Crippen molar-refractivity contribution in [3.8, 4) is 0 Å². The van der Waals surface area contributed by atoms with Crippen molar-refractivity contribution < 1.29 is 4.42 Å². The topological polar surface area (TPSA) is 49.6 Å². The number of nitrogens with one attached hydrogen (secondary N) is 2. The summed E-state index contributed by atoms with van der Waals surface area (Å²) < 4.78 is 5.65. The standard InChI is InChI=1S/C18H25N3OS.HI/c1-13-10-11-17(22-13)15(3)21-18(19-4)20-12-14(2)23-16-8-6-5-7-9-16;/h5-11,14-15H,12H2,1-4H3,(H2,19,20,21);1H. The van der Waals surface area contributed by atoms with Gasteiger partial charge in [0.05, 0.1) is 6.04 Å². The van der Waals surface area contributed by atoms with Crippen molar-refractivity contribution in [2.24, 2.45) is 4.99 Å². The summed E-state index contributed by atoms with van der Waals surface area (Å²) in [7, 11) is 1.78. The van der Waals surface area contributed by atoms with Gasteiger partial charge in [-0.3, -0.25) is 4.99 Å². The molecule has 0 spiro atoms. The third-order valence-corrected chi connectivity index (χ3v) is 4.52. The van der Waals surface area contributed by atoms with E-state index in [1.807, 2.05) is 36.9 Å². The maximum Gasteiger partial charge on any atom is 0.191 e. The molecular weight excluding hydrogens is 433 g/mol. The maximum absolute atomic E-state index is 5.65. The maximum atomic E-state index is 5.65. The van der Waals surface area contributed by atoms with Crippen molar-refractivity contribution in [3.63, 3.8) is 0 Å². The summed E-state index contributed by atoms with van der Waals surface area (Å²) >= 11 is 1.85. The molecule has 0 aliphatic heterocycles. The first-order chi connectivity index (χ1) is 11.1. The van der Waals surface area contributed by atoms with Gasteiger partial charge in [-0.15, -0.1) is 35.7 Å². The fraction of sp³-hybridized carbons (Fsp3) is 0.389. The number of furan rings is 1. The van der Waals surface area contributed by atoms with E-state index in [4.69, 9.17) is 4.42 Å². The van der Waals surface area contributed by atoms with Gasteiger partial charge in [0.1, 0.15) is 11.5 Å². The molecule has 24 heavy (non-hydrogen) atoms. The summed E-state index contributed by atoms with van der Waals surface area (Å²) in [6.45, 7) is 7.06. The van der Waals surface area contributed by atoms with Crippen molar-refractivity contribution >= 4 is 41.7 Å². The lowest BCUT2D eigenvalue weighted by Crippen LogP contribution is -2.41. The van der Waals surface area contributed by atoms with E-state index in [-0.39, 0.29) is 30.0 Å². The van der Waals surface area contributed by atoms with Crippen LogP contribution in [0.25, 0.3) is 0 Å². The number of aliphatic imine (C=N–C) groups is 1. The lowest BCUT2D eigenvalue weighted by molar-refractivity contribution is 0.441. The largest absolute Gasteiger partial charge is 0.464 e. The molecule has 0 fully saturated rings. The van der Waals surface area contributed by atoms with Gasteiger partial charge in [-0.1, -0.05) is 25.1 Å². The SMILES string of the molecule is CN=C(NCC(C)Sc1ccccc1)NC(C)c1ccc(C)o1.I. The average molecular weight is 459 g/mol. The lowest BCUT2D eigenvalue weighted by Gasteiger charge is -2.18. The van der Waals surface area contributed by atoms with E-state index in [9.17, 15) is 0 Å². The predicted molar refractivity (Wildman–Crippen MR) is 114 cm³/mol. The Morgan fingerprint density at radius 2 is 1.88 bits per heavy atom. The first-order valence-electron chi connectivity index (χ1n) is 7.83. The van der Waals surface area contributed by atoms with Crippen LogP contribution < -0.4 is 10.6 Å². The van der Waals surface area contributed by atoms with Gasteiger partial charge in [0.2, 0.25) is 0 Å². The molecular formula is C18H26IN3OS. The fourth-order valence-corrected chi connectivity index (χ4v) is 3.12. The van der Waals surface area contributed by atoms with Gasteiger partial charge < -0.3 is 15.1 Å². The zero-order chi connectivity index (χ0) is 16.7. The highest BCUT2D eigenvalue weighted by Crippen LogP contribution is 2.22. The number of halogens is 1. The van der Waals surface area contributed by atoms with Crippen molar-refractivity contribution in [1.29, 1.82) is 0 Å². The predicted octanol–water partition coefficient (Wildman–Crippen LogP) is 4.61. The Hall–Kier alpha value is -1.15. The number of nitrogens with zero attached hydrogens (tertiary/aromatic N) is 1. The van der Waals surface area contributed by atoms with E-state index in [1.165, 1.54) is 4.90 Å². The van der Waals surface area contributed by atoms with Gasteiger partial charge in [-0.05, 0) is 38.1 Å². The second-order valence-corrected chi connectivity index (χ2v) is 7.02. The van der Waals surface area contributed by atoms with Gasteiger partial charge in [0.25, 0.3) is 0 Å². The number of thioether (sulfide) groups is 1. The van der Waals surface area contributed by atoms with Crippen LogP contribution in [0.1, 0.15) is 31.4 Å². The third kappa shape index (κ3) is 6.76. The minimum absolute atomic E-state index is 0. The highest BCUT2D eigenvalue weighted by atomic mass is 127. The molecule has 2 atom stereocenters. The molecule has 0 amide bonds. The van der Waals surface area contributed by atoms with Crippen LogP contribution in [0.15, 0.2) is 56.8 Å². The molecule has 2 rings (SSSR count). The number of hydrogen-bond donors (Lipinski definition) is 2. The van der Waals surface area contributed by atoms with Crippen LogP contribution in [0.5, 0.6) is 0 Å². The molecule has 4 nitrogen and oxygen atoms in total. The quantitative estimate of drug-likeness (QED) is 0.287. The molecule has 2 unspecified atom stereocenters. The zero-order valence-corrected chi connectivity index (χ0v) is 17.7. The van der Waals surface area contributed by atoms with E-state index in [1.54, 1.807) is 7.05 Å². The molecule has 0 bridgehead atoms. The first kappa shape index (κ1) is 20.9. The number of hydrogen-bond acceptors (Lipinski definition) is 3. The second kappa shape index (κ2) is 10.7. The smallest absolute Gasteiger partial charge is 0.191 e. The van der Waals surface area contributed by atoms with Gasteiger partial charge in [-0.2, -0.15) is 0 Å². The van der Waals surface area contributed by atoms with Gasteiger partial charge in [0, 0.05) is 23.7 Å². The molecule has 6 heteroatoms. The van der Waals surface area contributed by atoms with Crippen molar-refractivity contribution in [2.75, 3.05) is 13.6 Å². The van der Waals surface area contributed by atoms with Crippen LogP contribution in [-0.4, -0.2) is 24.8 Å². The summed E-state index contributed by atoms with van der Waals surface area (Å²) in [5, 5.41) is 7.17. The van der Waals surface area contributed by atoms with Crippen LogP contribution in [0.3, 0.4) is 0 Å². The summed E-state index contributed by atoms with van der Waals surface area (Å²) in [4.78, 5) is 5.56. The molecule has 0 saturated heterocycles. The van der Waals surface area contributed by atoms with Crippen LogP contribution >= 0.6 is 35.7 Å². The van der Waals surface area contributed by atoms with Crippen LogP contribution in [-0.2, 0) is 0 Å². The molecule has 2 N–H and O–H groups in total. The van der Waals surface area contributed by atoms with Gasteiger partial charge in [0.15, 0.2) is 5.96 Å². The molecule has 132 valence electrons. The van der Waals surface area contributed by atoms with Crippen LogP contribution in [0.2, 0.25) is 0 Å². The third-order valence-electron chi connectivity index (χ3n) is 3.40. The molecule has 0 radical (unpaired) electrons. The Kier molecular flexibility index (Phi) is 9.28. The zero-order valence-electron chi connectivity index (χ0n) is 14.6. The first-order valence-corrected chi connectivity index (χ1v) is 8.71. The number of guanidine groups is 1. The van der Waals surface area contributed by atoms with E-state index in [0.29, 0.717) is 5.25 Å². The highest BCUT2D eigenvalue weighted by molar-refractivity contribution is 14.0. The van der Waals surface area contributed by atoms with E-state index < -0.39 is 0 Å². The highest BCUT2D eigenvalue weighted by Gasteiger charge is 2.12. The molecule has 0 saturated carbocycles. The number of benzene rings is 1. The van der Waals surface area contributed by atoms with Crippen molar-refractivity contribution in [1.82, 2.24) is 10.6 Å². The Morgan fingerprint density at radius 3 is 2.46 bits per heavy atom. The Bertz CT molecular complexity index is 630. The summed E-state index contributed by atoms with van der Waals surface area (Å²) in [5.41, 5.74) is 0. The Morgan fingerprint density at radius 1 is 1.17 bits per heavy atom. The molecule has 1 aromatic carbocycles. The summed E-state index contributed by atoms with van der Waals surface area (Å²) in [6.07, 6.45) is 0. The summed E-state index contributed by atoms with van der Waals surface area (Å²) in [6, 6.07) is 14.5. The summed E-state index contributed by atoms with van der Waals surface area (Å²) in [5.74, 6) is 2.62. The Balaban J connectivity index is 0.00000288. The average Bonchev–Trinajstić information content (AvgIpc) is 2.99. The number of rotatable bonds is 6. The Labute approximate surface area is 165 Å². The van der Waals surface area contributed by atoms with Crippen LogP contribution in [0.4, 0.5) is 0 Å². The molecule has 0 aliphatic rings. The molecule has 1 aromatic heterocycles. The van der Waals surface area contributed by atoms with Crippen molar-refractivity contribution in [3.05, 3.63) is 54.0 Å². The van der Waals surface area contributed by atoms with Crippen LogP contribution in [0, 0.1) is 6.92 Å². The lowest BCUT2D eigenvalue weighted by atomic mass is 10.2. The minimum atomic E-state index is 0. The van der Waals surface area contributed by atoms with Crippen molar-refractivity contribution in [2.45, 2.75) is 37.0 Å². The van der Waals surface area contributed by atoms with E-state index in [0.717, 1.165) is 24.0 Å². The fourth-order valence-electron chi connectivity index (χ4n) is 2.17. The molecule has 1 heterocycles. The second-order valence-electron chi connectivity index (χ2n) is 5.51. The monoisotopic (exact) mass is 459 g/mol. The molecule has 0 aliphatic carbocycles. The van der Waals surface area contributed by atoms with E-state index in [2.05, 4.69) is 53.7 Å².